The average Bonchev–Trinajstić information content (AvgIpc) is 3.13. The lowest BCUT2D eigenvalue weighted by Crippen LogP contribution is -2.24. The van der Waals surface area contributed by atoms with Gasteiger partial charge >= 0.3 is 0 Å². The van der Waals surface area contributed by atoms with Crippen LogP contribution in [0.3, 0.4) is 0 Å². The van der Waals surface area contributed by atoms with Crippen LogP contribution in [0.25, 0.3) is 0 Å². The molecule has 0 unspecified atom stereocenters. The van der Waals surface area contributed by atoms with Crippen LogP contribution >= 0.6 is 0 Å². The number of carbonyl (C=O) groups excluding carboxylic acids is 1. The number of carbonyl (C=O) groups is 1. The molecule has 0 atom stereocenters. The van der Waals surface area contributed by atoms with E-state index in [9.17, 15) is 9.18 Å². The van der Waals surface area contributed by atoms with E-state index in [0.717, 1.165) is 11.3 Å². The predicted molar refractivity (Wildman–Crippen MR) is 85.6 cm³/mol. The number of nitrogens with one attached hydrogen (secondary N) is 2. The van der Waals surface area contributed by atoms with E-state index in [1.165, 1.54) is 18.5 Å². The Labute approximate surface area is 137 Å². The van der Waals surface area contributed by atoms with Crippen molar-refractivity contribution >= 4 is 11.7 Å². The highest BCUT2D eigenvalue weighted by Crippen LogP contribution is 2.08. The van der Waals surface area contributed by atoms with Gasteiger partial charge in [0.1, 0.15) is 29.4 Å². The van der Waals surface area contributed by atoms with E-state index in [-0.39, 0.29) is 24.0 Å². The van der Waals surface area contributed by atoms with Gasteiger partial charge in [-0.15, -0.1) is 0 Å². The predicted octanol–water partition coefficient (Wildman–Crippen LogP) is 2.75. The van der Waals surface area contributed by atoms with Gasteiger partial charge in [0.25, 0.3) is 5.91 Å². The molecular formula is C17H15FN4O2. The van der Waals surface area contributed by atoms with Crippen LogP contribution in [0, 0.1) is 5.82 Å². The summed E-state index contributed by atoms with van der Waals surface area (Å²) in [5.74, 6) is 0.639. The number of nitrogens with zero attached hydrogens (tertiary/aromatic N) is 2. The van der Waals surface area contributed by atoms with Gasteiger partial charge < -0.3 is 15.1 Å². The standard InChI is InChI=1S/C17H15FN4O2/c18-13-5-3-12(4-6-13)9-20-17(23)15-8-16(22-11-21-15)19-10-14-2-1-7-24-14/h1-8,11H,9-10H2,(H,20,23)(H,19,21,22). The highest BCUT2D eigenvalue weighted by molar-refractivity contribution is 5.92. The van der Waals surface area contributed by atoms with Crippen molar-refractivity contribution in [3.8, 4) is 0 Å². The molecular weight excluding hydrogens is 311 g/mol. The maximum atomic E-state index is 12.9. The minimum absolute atomic E-state index is 0.244. The van der Waals surface area contributed by atoms with Gasteiger partial charge in [-0.3, -0.25) is 4.79 Å². The molecule has 7 heteroatoms. The minimum atomic E-state index is -0.331. The van der Waals surface area contributed by atoms with Crippen LogP contribution in [-0.4, -0.2) is 15.9 Å². The molecule has 2 N–H and O–H groups in total. The van der Waals surface area contributed by atoms with Crippen LogP contribution in [0.2, 0.25) is 0 Å². The Morgan fingerprint density at radius 2 is 1.96 bits per heavy atom. The molecule has 0 aliphatic rings. The Bertz CT molecular complexity index is 804. The van der Waals surface area contributed by atoms with Gasteiger partial charge in [-0.1, -0.05) is 12.1 Å². The Hall–Kier alpha value is -3.22. The molecule has 0 saturated heterocycles. The molecule has 0 aliphatic heterocycles. The number of halogens is 1. The van der Waals surface area contributed by atoms with Crippen LogP contribution in [0.5, 0.6) is 0 Å². The summed E-state index contributed by atoms with van der Waals surface area (Å²) in [7, 11) is 0. The van der Waals surface area contributed by atoms with Gasteiger partial charge in [0.15, 0.2) is 0 Å². The fourth-order valence-corrected chi connectivity index (χ4v) is 2.04. The summed E-state index contributed by atoms with van der Waals surface area (Å²) in [4.78, 5) is 20.2. The quantitative estimate of drug-likeness (QED) is 0.728. The zero-order valence-electron chi connectivity index (χ0n) is 12.7. The molecule has 0 bridgehead atoms. The molecule has 122 valence electrons. The summed E-state index contributed by atoms with van der Waals surface area (Å²) in [5.41, 5.74) is 1.05. The molecule has 0 aliphatic carbocycles. The van der Waals surface area contributed by atoms with Gasteiger partial charge in [-0.25, -0.2) is 14.4 Å². The van der Waals surface area contributed by atoms with E-state index in [2.05, 4.69) is 20.6 Å². The molecule has 0 spiro atoms. The van der Waals surface area contributed by atoms with Crippen LogP contribution in [0.1, 0.15) is 21.8 Å². The first-order valence-electron chi connectivity index (χ1n) is 7.31. The molecule has 24 heavy (non-hydrogen) atoms. The number of rotatable bonds is 6. The van der Waals surface area contributed by atoms with E-state index >= 15 is 0 Å². The topological polar surface area (TPSA) is 80.0 Å². The van der Waals surface area contributed by atoms with Crippen molar-refractivity contribution in [1.82, 2.24) is 15.3 Å². The number of aromatic nitrogens is 2. The Morgan fingerprint density at radius 3 is 2.71 bits per heavy atom. The average molecular weight is 326 g/mol. The zero-order chi connectivity index (χ0) is 16.8. The van der Waals surface area contributed by atoms with E-state index in [1.54, 1.807) is 30.5 Å². The van der Waals surface area contributed by atoms with Gasteiger partial charge in [-0.2, -0.15) is 0 Å². The third-order valence-electron chi connectivity index (χ3n) is 3.29. The second-order valence-electron chi connectivity index (χ2n) is 5.03. The molecule has 0 fully saturated rings. The smallest absolute Gasteiger partial charge is 0.270 e. The van der Waals surface area contributed by atoms with E-state index in [0.29, 0.717) is 12.4 Å². The van der Waals surface area contributed by atoms with Crippen molar-refractivity contribution in [2.45, 2.75) is 13.1 Å². The van der Waals surface area contributed by atoms with Gasteiger partial charge in [-0.05, 0) is 29.8 Å². The molecule has 0 saturated carbocycles. The fraction of sp³-hybridized carbons (Fsp3) is 0.118. The lowest BCUT2D eigenvalue weighted by Gasteiger charge is -2.07. The Morgan fingerprint density at radius 1 is 1.12 bits per heavy atom. The van der Waals surface area contributed by atoms with Gasteiger partial charge in [0.05, 0.1) is 12.8 Å². The molecule has 0 radical (unpaired) electrons. The molecule has 3 rings (SSSR count). The molecule has 1 aromatic carbocycles. The van der Waals surface area contributed by atoms with Crippen molar-refractivity contribution in [2.24, 2.45) is 0 Å². The molecule has 2 heterocycles. The van der Waals surface area contributed by atoms with Crippen molar-refractivity contribution < 1.29 is 13.6 Å². The third kappa shape index (κ3) is 4.16. The van der Waals surface area contributed by atoms with Crippen molar-refractivity contribution in [3.63, 3.8) is 0 Å². The first-order chi connectivity index (χ1) is 11.7. The largest absolute Gasteiger partial charge is 0.467 e. The van der Waals surface area contributed by atoms with E-state index in [1.807, 2.05) is 6.07 Å². The summed E-state index contributed by atoms with van der Waals surface area (Å²) in [6.45, 7) is 0.749. The first-order valence-corrected chi connectivity index (χ1v) is 7.31. The number of amides is 1. The highest BCUT2D eigenvalue weighted by atomic mass is 19.1. The van der Waals surface area contributed by atoms with Crippen LogP contribution in [0.15, 0.2) is 59.5 Å². The zero-order valence-corrected chi connectivity index (χ0v) is 12.7. The maximum absolute atomic E-state index is 12.9. The van der Waals surface area contributed by atoms with Crippen molar-refractivity contribution in [3.05, 3.63) is 77.9 Å². The molecule has 3 aromatic rings. The van der Waals surface area contributed by atoms with Crippen molar-refractivity contribution in [2.75, 3.05) is 5.32 Å². The molecule has 1 amide bonds. The van der Waals surface area contributed by atoms with Gasteiger partial charge in [0.2, 0.25) is 0 Å². The normalized spacial score (nSPS) is 10.4. The minimum Gasteiger partial charge on any atom is -0.467 e. The number of hydrogen-bond donors (Lipinski definition) is 2. The second kappa shape index (κ2) is 7.36. The number of benzene rings is 1. The Balaban J connectivity index is 1.58. The van der Waals surface area contributed by atoms with E-state index < -0.39 is 0 Å². The van der Waals surface area contributed by atoms with Crippen molar-refractivity contribution in [1.29, 1.82) is 0 Å². The summed E-state index contributed by atoms with van der Waals surface area (Å²) in [6.07, 6.45) is 2.91. The summed E-state index contributed by atoms with van der Waals surface area (Å²) < 4.78 is 18.1. The Kier molecular flexibility index (Phi) is 4.81. The molecule has 6 nitrogen and oxygen atoms in total. The second-order valence-corrected chi connectivity index (χ2v) is 5.03. The fourth-order valence-electron chi connectivity index (χ4n) is 2.04. The van der Waals surface area contributed by atoms with Crippen LogP contribution in [-0.2, 0) is 13.1 Å². The monoisotopic (exact) mass is 326 g/mol. The lowest BCUT2D eigenvalue weighted by atomic mass is 10.2. The molecule has 2 aromatic heterocycles. The highest BCUT2D eigenvalue weighted by Gasteiger charge is 2.09. The van der Waals surface area contributed by atoms with Crippen LogP contribution in [0.4, 0.5) is 10.2 Å². The lowest BCUT2D eigenvalue weighted by molar-refractivity contribution is 0.0946. The third-order valence-corrected chi connectivity index (χ3v) is 3.29. The SMILES string of the molecule is O=C(NCc1ccc(F)cc1)c1cc(NCc2ccco2)ncn1. The van der Waals surface area contributed by atoms with Crippen LogP contribution < -0.4 is 10.6 Å². The first kappa shape index (κ1) is 15.7. The number of hydrogen-bond acceptors (Lipinski definition) is 5. The van der Waals surface area contributed by atoms with E-state index in [4.69, 9.17) is 4.42 Å². The van der Waals surface area contributed by atoms with Gasteiger partial charge in [0, 0.05) is 12.6 Å². The number of anilines is 1. The number of furan rings is 1. The summed E-state index contributed by atoms with van der Waals surface area (Å²) in [6, 6.07) is 11.1. The summed E-state index contributed by atoms with van der Waals surface area (Å²) in [5, 5.41) is 5.79. The maximum Gasteiger partial charge on any atom is 0.270 e. The summed E-state index contributed by atoms with van der Waals surface area (Å²) >= 11 is 0.